The SMILES string of the molecule is COc1ccc2nc(SCc3cnc(N)s3)[nH]c2c1. The van der Waals surface area contributed by atoms with Gasteiger partial charge in [0.25, 0.3) is 0 Å². The van der Waals surface area contributed by atoms with Gasteiger partial charge >= 0.3 is 0 Å². The Balaban J connectivity index is 1.77. The maximum atomic E-state index is 5.60. The lowest BCUT2D eigenvalue weighted by Crippen LogP contribution is -1.81. The number of anilines is 1. The summed E-state index contributed by atoms with van der Waals surface area (Å²) < 4.78 is 5.19. The van der Waals surface area contributed by atoms with Gasteiger partial charge in [-0.2, -0.15) is 0 Å². The molecule has 2 heterocycles. The van der Waals surface area contributed by atoms with Crippen molar-refractivity contribution in [3.63, 3.8) is 0 Å². The molecule has 7 heteroatoms. The number of hydrogen-bond acceptors (Lipinski definition) is 6. The predicted molar refractivity (Wildman–Crippen MR) is 78.7 cm³/mol. The highest BCUT2D eigenvalue weighted by atomic mass is 32.2. The zero-order valence-electron chi connectivity index (χ0n) is 10.2. The van der Waals surface area contributed by atoms with Gasteiger partial charge in [0.15, 0.2) is 10.3 Å². The smallest absolute Gasteiger partial charge is 0.180 e. The van der Waals surface area contributed by atoms with Crippen molar-refractivity contribution in [3.05, 3.63) is 29.3 Å². The summed E-state index contributed by atoms with van der Waals surface area (Å²) in [5.74, 6) is 1.63. The number of H-pyrrole nitrogens is 1. The predicted octanol–water partition coefficient (Wildman–Crippen LogP) is 2.90. The highest BCUT2D eigenvalue weighted by molar-refractivity contribution is 7.98. The number of methoxy groups -OCH3 is 1. The summed E-state index contributed by atoms with van der Waals surface area (Å²) in [6.45, 7) is 0. The third kappa shape index (κ3) is 2.66. The Morgan fingerprint density at radius 2 is 2.37 bits per heavy atom. The lowest BCUT2D eigenvalue weighted by molar-refractivity contribution is 0.415. The molecule has 0 amide bonds. The van der Waals surface area contributed by atoms with Crippen LogP contribution in [0.25, 0.3) is 11.0 Å². The summed E-state index contributed by atoms with van der Waals surface area (Å²) >= 11 is 3.14. The van der Waals surface area contributed by atoms with E-state index in [0.29, 0.717) is 5.13 Å². The van der Waals surface area contributed by atoms with Crippen molar-refractivity contribution in [3.8, 4) is 5.75 Å². The number of ether oxygens (including phenoxy) is 1. The van der Waals surface area contributed by atoms with Gasteiger partial charge in [0, 0.05) is 22.9 Å². The van der Waals surface area contributed by atoms with Gasteiger partial charge < -0.3 is 15.5 Å². The van der Waals surface area contributed by atoms with E-state index in [1.165, 1.54) is 11.3 Å². The first-order chi connectivity index (χ1) is 9.24. The third-order valence-corrected chi connectivity index (χ3v) is 4.52. The van der Waals surface area contributed by atoms with Crippen LogP contribution in [0.15, 0.2) is 29.6 Å². The van der Waals surface area contributed by atoms with Crippen LogP contribution < -0.4 is 10.5 Å². The molecule has 1 aromatic carbocycles. The number of nitrogens with one attached hydrogen (secondary N) is 1. The second kappa shape index (κ2) is 5.10. The Bertz CT molecular complexity index is 707. The summed E-state index contributed by atoms with van der Waals surface area (Å²) in [6, 6.07) is 5.79. The van der Waals surface area contributed by atoms with Gasteiger partial charge in [-0.3, -0.25) is 0 Å². The highest BCUT2D eigenvalue weighted by Gasteiger charge is 2.06. The summed E-state index contributed by atoms with van der Waals surface area (Å²) in [4.78, 5) is 13.0. The van der Waals surface area contributed by atoms with Crippen LogP contribution in [0.1, 0.15) is 4.88 Å². The molecule has 0 aliphatic heterocycles. The molecule has 0 radical (unpaired) electrons. The zero-order valence-corrected chi connectivity index (χ0v) is 11.8. The maximum absolute atomic E-state index is 5.60. The Morgan fingerprint density at radius 1 is 1.47 bits per heavy atom. The number of aromatic amines is 1. The van der Waals surface area contributed by atoms with Crippen molar-refractivity contribution in [1.29, 1.82) is 0 Å². The van der Waals surface area contributed by atoms with Crippen LogP contribution in [-0.4, -0.2) is 22.1 Å². The maximum Gasteiger partial charge on any atom is 0.180 e. The molecule has 0 aliphatic carbocycles. The van der Waals surface area contributed by atoms with Crippen molar-refractivity contribution >= 4 is 39.3 Å². The number of nitrogens with two attached hydrogens (primary N) is 1. The van der Waals surface area contributed by atoms with Gasteiger partial charge in [-0.15, -0.1) is 11.3 Å². The standard InChI is InChI=1S/C12H12N4OS2/c1-17-7-2-3-9-10(4-7)16-12(15-9)18-6-8-5-14-11(13)19-8/h2-5H,6H2,1H3,(H2,13,14)(H,15,16). The molecule has 5 nitrogen and oxygen atoms in total. The van der Waals surface area contributed by atoms with Crippen LogP contribution >= 0.6 is 23.1 Å². The van der Waals surface area contributed by atoms with Gasteiger partial charge in [0.1, 0.15) is 5.75 Å². The van der Waals surface area contributed by atoms with E-state index >= 15 is 0 Å². The van der Waals surface area contributed by atoms with E-state index in [1.807, 2.05) is 18.2 Å². The third-order valence-electron chi connectivity index (χ3n) is 2.59. The number of benzene rings is 1. The average Bonchev–Trinajstić information content (AvgIpc) is 3.01. The van der Waals surface area contributed by atoms with Crippen molar-refractivity contribution < 1.29 is 4.74 Å². The average molecular weight is 292 g/mol. The molecule has 0 unspecified atom stereocenters. The fourth-order valence-corrected chi connectivity index (χ4v) is 3.28. The quantitative estimate of drug-likeness (QED) is 0.723. The highest BCUT2D eigenvalue weighted by Crippen LogP contribution is 2.27. The number of nitrogens with zero attached hydrogens (tertiary/aromatic N) is 2. The number of rotatable bonds is 4. The van der Waals surface area contributed by atoms with E-state index in [-0.39, 0.29) is 0 Å². The van der Waals surface area contributed by atoms with Crippen LogP contribution in [0.2, 0.25) is 0 Å². The molecule has 0 aliphatic rings. The molecule has 0 fully saturated rings. The molecule has 98 valence electrons. The van der Waals surface area contributed by atoms with E-state index in [9.17, 15) is 0 Å². The van der Waals surface area contributed by atoms with Crippen molar-refractivity contribution in [2.45, 2.75) is 10.9 Å². The first-order valence-corrected chi connectivity index (χ1v) is 7.41. The van der Waals surface area contributed by atoms with Gasteiger partial charge in [-0.05, 0) is 12.1 Å². The Labute approximate surface area is 118 Å². The van der Waals surface area contributed by atoms with Crippen LogP contribution in [0, 0.1) is 0 Å². The van der Waals surface area contributed by atoms with Crippen LogP contribution in [0.5, 0.6) is 5.75 Å². The van der Waals surface area contributed by atoms with Crippen molar-refractivity contribution in [2.24, 2.45) is 0 Å². The molecule has 0 atom stereocenters. The number of thioether (sulfide) groups is 1. The second-order valence-electron chi connectivity index (χ2n) is 3.88. The van der Waals surface area contributed by atoms with Crippen LogP contribution in [0.3, 0.4) is 0 Å². The number of hydrogen-bond donors (Lipinski definition) is 2. The molecule has 0 spiro atoms. The number of thiazole rings is 1. The van der Waals surface area contributed by atoms with E-state index in [2.05, 4.69) is 15.0 Å². The van der Waals surface area contributed by atoms with Crippen molar-refractivity contribution in [1.82, 2.24) is 15.0 Å². The van der Waals surface area contributed by atoms with E-state index in [4.69, 9.17) is 10.5 Å². The number of fused-ring (bicyclic) bond motifs is 1. The monoisotopic (exact) mass is 292 g/mol. The summed E-state index contributed by atoms with van der Waals surface area (Å²) in [7, 11) is 1.65. The number of aromatic nitrogens is 3. The van der Waals surface area contributed by atoms with E-state index in [0.717, 1.165) is 32.6 Å². The molecule has 3 N–H and O–H groups in total. The van der Waals surface area contributed by atoms with Gasteiger partial charge in [-0.25, -0.2) is 9.97 Å². The summed E-state index contributed by atoms with van der Waals surface area (Å²) in [6.07, 6.45) is 1.80. The fourth-order valence-electron chi connectivity index (χ4n) is 1.69. The lowest BCUT2D eigenvalue weighted by Gasteiger charge is -1.96. The Kier molecular flexibility index (Phi) is 3.31. The largest absolute Gasteiger partial charge is 0.497 e. The minimum absolute atomic E-state index is 0.602. The normalized spacial score (nSPS) is 11.0. The zero-order chi connectivity index (χ0) is 13.2. The Hall–Kier alpha value is -1.73. The van der Waals surface area contributed by atoms with Crippen molar-refractivity contribution in [2.75, 3.05) is 12.8 Å². The first-order valence-electron chi connectivity index (χ1n) is 5.61. The van der Waals surface area contributed by atoms with Gasteiger partial charge in [0.2, 0.25) is 0 Å². The molecule has 3 aromatic rings. The second-order valence-corrected chi connectivity index (χ2v) is 5.99. The summed E-state index contributed by atoms with van der Waals surface area (Å²) in [5.41, 5.74) is 7.52. The molecule has 0 saturated carbocycles. The minimum atomic E-state index is 0.602. The topological polar surface area (TPSA) is 76.8 Å². The Morgan fingerprint density at radius 3 is 3.11 bits per heavy atom. The lowest BCUT2D eigenvalue weighted by atomic mass is 10.3. The number of nitrogen functional groups attached to an aromatic ring is 1. The van der Waals surface area contributed by atoms with E-state index < -0.39 is 0 Å². The van der Waals surface area contributed by atoms with Crippen LogP contribution in [-0.2, 0) is 5.75 Å². The van der Waals surface area contributed by atoms with E-state index in [1.54, 1.807) is 25.1 Å². The number of imidazole rings is 1. The first kappa shape index (κ1) is 12.3. The molecular weight excluding hydrogens is 280 g/mol. The molecule has 2 aromatic heterocycles. The van der Waals surface area contributed by atoms with Crippen LogP contribution in [0.4, 0.5) is 5.13 Å². The summed E-state index contributed by atoms with van der Waals surface area (Å²) in [5, 5.41) is 1.49. The molecule has 0 bridgehead atoms. The van der Waals surface area contributed by atoms with Gasteiger partial charge in [-0.1, -0.05) is 11.8 Å². The minimum Gasteiger partial charge on any atom is -0.497 e. The molecule has 3 rings (SSSR count). The molecular formula is C12H12N4OS2. The molecule has 0 saturated heterocycles. The molecule has 19 heavy (non-hydrogen) atoms. The fraction of sp³-hybridized carbons (Fsp3) is 0.167. The van der Waals surface area contributed by atoms with Gasteiger partial charge in [0.05, 0.1) is 18.1 Å².